The third-order valence-electron chi connectivity index (χ3n) is 6.74. The average molecular weight is 509 g/mol. The molecule has 5 heteroatoms. The molecule has 0 fully saturated rings. The fourth-order valence-electron chi connectivity index (χ4n) is 4.43. The molecule has 0 bridgehead atoms. The van der Waals surface area contributed by atoms with Crippen molar-refractivity contribution in [3.63, 3.8) is 0 Å². The number of azo groups is 1. The maximum absolute atomic E-state index is 10.5. The average Bonchev–Trinajstić information content (AvgIpc) is 2.89. The summed E-state index contributed by atoms with van der Waals surface area (Å²) in [6.45, 7) is 5.04. The van der Waals surface area contributed by atoms with Crippen molar-refractivity contribution in [1.29, 1.82) is 0 Å². The number of hydrogen-bond donors (Lipinski definition) is 1. The second kappa shape index (κ2) is 19.4. The van der Waals surface area contributed by atoms with Crippen LogP contribution < -0.4 is 4.74 Å². The Labute approximate surface area is 224 Å². The van der Waals surface area contributed by atoms with Crippen LogP contribution in [0, 0.1) is 6.92 Å². The largest absolute Gasteiger partial charge is 0.493 e. The molecule has 0 saturated heterocycles. The first-order chi connectivity index (χ1) is 18.1. The van der Waals surface area contributed by atoms with E-state index in [2.05, 4.69) is 48.3 Å². The van der Waals surface area contributed by atoms with Crippen molar-refractivity contribution in [2.75, 3.05) is 6.61 Å². The zero-order chi connectivity index (χ0) is 26.6. The SMILES string of the molecule is CCCCCCCCc1ccc(N=Nc2ccc(OCCCCCCCCCCC(=O)O)c(C)c2)cc1. The molecular weight excluding hydrogens is 460 g/mol. The lowest BCUT2D eigenvalue weighted by Crippen LogP contribution is -1.98. The topological polar surface area (TPSA) is 71.2 Å². The van der Waals surface area contributed by atoms with E-state index in [9.17, 15) is 4.79 Å². The van der Waals surface area contributed by atoms with E-state index in [1.165, 1.54) is 63.4 Å². The molecule has 0 amide bonds. The summed E-state index contributed by atoms with van der Waals surface area (Å²) < 4.78 is 5.98. The van der Waals surface area contributed by atoms with Gasteiger partial charge in [-0.25, -0.2) is 0 Å². The van der Waals surface area contributed by atoms with Crippen LogP contribution in [0.15, 0.2) is 52.7 Å². The Morgan fingerprint density at radius 1 is 0.730 bits per heavy atom. The lowest BCUT2D eigenvalue weighted by Gasteiger charge is -2.09. The number of ether oxygens (including phenoxy) is 1. The Balaban J connectivity index is 1.61. The van der Waals surface area contributed by atoms with Gasteiger partial charge in [-0.2, -0.15) is 10.2 Å². The van der Waals surface area contributed by atoms with E-state index in [-0.39, 0.29) is 0 Å². The number of nitrogens with zero attached hydrogens (tertiary/aromatic N) is 2. The summed E-state index contributed by atoms with van der Waals surface area (Å²) in [6.07, 6.45) is 18.2. The van der Waals surface area contributed by atoms with Gasteiger partial charge in [0.05, 0.1) is 18.0 Å². The van der Waals surface area contributed by atoms with Gasteiger partial charge in [0.1, 0.15) is 5.75 Å². The molecule has 2 aromatic carbocycles. The third-order valence-corrected chi connectivity index (χ3v) is 6.74. The monoisotopic (exact) mass is 508 g/mol. The number of benzene rings is 2. The van der Waals surface area contributed by atoms with E-state index in [0.29, 0.717) is 6.42 Å². The Kier molecular flexibility index (Phi) is 16.0. The number of rotatable bonds is 21. The molecule has 0 radical (unpaired) electrons. The summed E-state index contributed by atoms with van der Waals surface area (Å²) in [4.78, 5) is 10.5. The summed E-state index contributed by atoms with van der Waals surface area (Å²) >= 11 is 0. The molecular formula is C32H48N2O3. The molecule has 2 rings (SSSR count). The van der Waals surface area contributed by atoms with Crippen LogP contribution in [0.25, 0.3) is 0 Å². The Morgan fingerprint density at radius 3 is 1.95 bits per heavy atom. The first-order valence-electron chi connectivity index (χ1n) is 14.5. The quantitative estimate of drug-likeness (QED) is 0.135. The van der Waals surface area contributed by atoms with Crippen LogP contribution >= 0.6 is 0 Å². The van der Waals surface area contributed by atoms with Gasteiger partial charge < -0.3 is 9.84 Å². The van der Waals surface area contributed by atoms with Crippen molar-refractivity contribution in [3.8, 4) is 5.75 Å². The second-order valence-corrected chi connectivity index (χ2v) is 10.2. The molecule has 37 heavy (non-hydrogen) atoms. The number of carboxylic acids is 1. The fourth-order valence-corrected chi connectivity index (χ4v) is 4.43. The van der Waals surface area contributed by atoms with Gasteiger partial charge in [-0.05, 0) is 74.1 Å². The normalized spacial score (nSPS) is 11.3. The number of hydrogen-bond acceptors (Lipinski definition) is 4. The van der Waals surface area contributed by atoms with Crippen LogP contribution in [-0.4, -0.2) is 17.7 Å². The predicted octanol–water partition coefficient (Wildman–Crippen LogP) is 10.3. The smallest absolute Gasteiger partial charge is 0.303 e. The van der Waals surface area contributed by atoms with Gasteiger partial charge >= 0.3 is 5.97 Å². The highest BCUT2D eigenvalue weighted by Gasteiger charge is 2.02. The molecule has 5 nitrogen and oxygen atoms in total. The van der Waals surface area contributed by atoms with E-state index in [1.807, 2.05) is 18.2 Å². The molecule has 0 aliphatic rings. The van der Waals surface area contributed by atoms with Gasteiger partial charge in [0.2, 0.25) is 0 Å². The number of unbranched alkanes of at least 4 members (excludes halogenated alkanes) is 12. The molecule has 2 aromatic rings. The molecule has 0 spiro atoms. The molecule has 0 aromatic heterocycles. The highest BCUT2D eigenvalue weighted by molar-refractivity contribution is 5.66. The summed E-state index contributed by atoms with van der Waals surface area (Å²) in [5.41, 5.74) is 4.17. The number of aliphatic carboxylic acids is 1. The van der Waals surface area contributed by atoms with E-state index >= 15 is 0 Å². The number of carboxylic acid groups (broad SMARTS) is 1. The molecule has 0 atom stereocenters. The standard InChI is InChI=1S/C32H48N2O3/c1-3-4-5-6-11-14-17-28-19-21-29(22-20-28)33-34-30-23-24-31(27(2)26-30)37-25-16-13-10-8-7-9-12-15-18-32(35)36/h19-24,26H,3-18,25H2,1-2H3,(H,35,36). The predicted molar refractivity (Wildman–Crippen MR) is 154 cm³/mol. The molecule has 1 N–H and O–H groups in total. The van der Waals surface area contributed by atoms with Crippen molar-refractivity contribution in [3.05, 3.63) is 53.6 Å². The minimum atomic E-state index is -0.686. The van der Waals surface area contributed by atoms with E-state index in [1.54, 1.807) is 0 Å². The zero-order valence-electron chi connectivity index (χ0n) is 23.2. The van der Waals surface area contributed by atoms with Crippen molar-refractivity contribution < 1.29 is 14.6 Å². The minimum absolute atomic E-state index is 0.299. The molecule has 204 valence electrons. The van der Waals surface area contributed by atoms with Crippen LogP contribution in [-0.2, 0) is 11.2 Å². The van der Waals surface area contributed by atoms with Gasteiger partial charge in [-0.15, -0.1) is 0 Å². The lowest BCUT2D eigenvalue weighted by molar-refractivity contribution is -0.137. The highest BCUT2D eigenvalue weighted by Crippen LogP contribution is 2.26. The van der Waals surface area contributed by atoms with Crippen molar-refractivity contribution in [2.24, 2.45) is 10.2 Å². The van der Waals surface area contributed by atoms with Crippen LogP contribution in [0.5, 0.6) is 5.75 Å². The number of aryl methyl sites for hydroxylation is 2. The van der Waals surface area contributed by atoms with E-state index < -0.39 is 5.97 Å². The third kappa shape index (κ3) is 14.6. The summed E-state index contributed by atoms with van der Waals surface area (Å²) in [5.74, 6) is 0.227. The molecule has 0 unspecified atom stereocenters. The molecule has 0 heterocycles. The van der Waals surface area contributed by atoms with Crippen LogP contribution in [0.3, 0.4) is 0 Å². The van der Waals surface area contributed by atoms with Gasteiger partial charge in [-0.1, -0.05) is 89.7 Å². The fraction of sp³-hybridized carbons (Fsp3) is 0.594. The maximum atomic E-state index is 10.5. The summed E-state index contributed by atoms with van der Waals surface area (Å²) in [5, 5.41) is 17.5. The summed E-state index contributed by atoms with van der Waals surface area (Å²) in [7, 11) is 0. The van der Waals surface area contributed by atoms with Gasteiger partial charge in [0, 0.05) is 6.42 Å². The lowest BCUT2D eigenvalue weighted by atomic mass is 10.0. The first kappa shape index (κ1) is 30.5. The van der Waals surface area contributed by atoms with Crippen LogP contribution in [0.1, 0.15) is 114 Å². The Morgan fingerprint density at radius 2 is 1.30 bits per heavy atom. The first-order valence-corrected chi connectivity index (χ1v) is 14.5. The van der Waals surface area contributed by atoms with Crippen molar-refractivity contribution >= 4 is 17.3 Å². The van der Waals surface area contributed by atoms with Gasteiger partial charge in [0.25, 0.3) is 0 Å². The Hall–Kier alpha value is -2.69. The van der Waals surface area contributed by atoms with Crippen LogP contribution in [0.2, 0.25) is 0 Å². The van der Waals surface area contributed by atoms with Gasteiger partial charge in [0.15, 0.2) is 0 Å². The summed E-state index contributed by atoms with van der Waals surface area (Å²) in [6, 6.07) is 14.4. The van der Waals surface area contributed by atoms with Gasteiger partial charge in [-0.3, -0.25) is 4.79 Å². The second-order valence-electron chi connectivity index (χ2n) is 10.2. The van der Waals surface area contributed by atoms with Crippen molar-refractivity contribution in [1.82, 2.24) is 0 Å². The zero-order valence-corrected chi connectivity index (χ0v) is 23.2. The maximum Gasteiger partial charge on any atom is 0.303 e. The van der Waals surface area contributed by atoms with E-state index in [0.717, 1.165) is 67.8 Å². The molecule has 0 saturated carbocycles. The minimum Gasteiger partial charge on any atom is -0.493 e. The van der Waals surface area contributed by atoms with E-state index in [4.69, 9.17) is 9.84 Å². The van der Waals surface area contributed by atoms with Crippen LogP contribution in [0.4, 0.5) is 11.4 Å². The molecule has 0 aliphatic carbocycles. The highest BCUT2D eigenvalue weighted by atomic mass is 16.5. The Bertz CT molecular complexity index is 909. The molecule has 0 aliphatic heterocycles. The number of carbonyl (C=O) groups is 1. The van der Waals surface area contributed by atoms with Crippen molar-refractivity contribution in [2.45, 2.75) is 117 Å².